The van der Waals surface area contributed by atoms with E-state index >= 15 is 0 Å². The van der Waals surface area contributed by atoms with E-state index in [1.165, 1.54) is 24.2 Å². The van der Waals surface area contributed by atoms with Crippen molar-refractivity contribution in [3.63, 3.8) is 0 Å². The molecule has 0 aromatic carbocycles. The lowest BCUT2D eigenvalue weighted by atomic mass is 9.84. The number of fused-ring (bicyclic) bond motifs is 1. The predicted octanol–water partition coefficient (Wildman–Crippen LogP) is 4.11. The van der Waals surface area contributed by atoms with Crippen LogP contribution in [-0.4, -0.2) is 49.2 Å². The molecule has 0 amide bonds. The monoisotopic (exact) mass is 432 g/mol. The lowest BCUT2D eigenvalue weighted by Gasteiger charge is -2.28. The zero-order chi connectivity index (χ0) is 21.3. The fraction of sp³-hybridized carbons (Fsp3) is 0.571. The van der Waals surface area contributed by atoms with Crippen molar-refractivity contribution in [1.29, 1.82) is 0 Å². The number of carbonyl (C=O) groups is 1. The first-order valence-corrected chi connectivity index (χ1v) is 10.3. The van der Waals surface area contributed by atoms with Crippen molar-refractivity contribution in [2.24, 2.45) is 5.92 Å². The van der Waals surface area contributed by atoms with E-state index in [1.807, 2.05) is 0 Å². The minimum absolute atomic E-state index is 0. The highest BCUT2D eigenvalue weighted by atomic mass is 19.1. The highest BCUT2D eigenvalue weighted by Gasteiger charge is 2.28. The van der Waals surface area contributed by atoms with Gasteiger partial charge in [-0.1, -0.05) is 20.8 Å². The number of nitrogens with zero attached hydrogens (tertiary/aromatic N) is 6. The minimum Gasteiger partial charge on any atom is -0.479 e. The van der Waals surface area contributed by atoms with E-state index in [9.17, 15) is 9.18 Å². The summed E-state index contributed by atoms with van der Waals surface area (Å²) in [6.07, 6.45) is 8.00. The molecule has 1 saturated carbocycles. The van der Waals surface area contributed by atoms with Gasteiger partial charge < -0.3 is 9.47 Å². The number of carbonyl (C=O) groups excluding carboxylic acids is 1. The fourth-order valence-electron chi connectivity index (χ4n) is 4.02. The minimum atomic E-state index is -0.678. The Morgan fingerprint density at radius 3 is 2.61 bits per heavy atom. The van der Waals surface area contributed by atoms with Gasteiger partial charge in [-0.2, -0.15) is 14.5 Å². The lowest BCUT2D eigenvalue weighted by Crippen LogP contribution is -2.19. The highest BCUT2D eigenvalue weighted by molar-refractivity contribution is 5.88. The average Bonchev–Trinajstić information content (AvgIpc) is 3.39. The van der Waals surface area contributed by atoms with Crippen molar-refractivity contribution in [3.05, 3.63) is 23.9 Å². The molecule has 0 spiro atoms. The van der Waals surface area contributed by atoms with Gasteiger partial charge in [0, 0.05) is 6.20 Å². The van der Waals surface area contributed by atoms with Crippen molar-refractivity contribution < 1.29 is 18.7 Å². The molecule has 0 unspecified atom stereocenters. The van der Waals surface area contributed by atoms with Gasteiger partial charge in [-0.15, -0.1) is 5.10 Å². The van der Waals surface area contributed by atoms with Crippen LogP contribution in [0.1, 0.15) is 69.8 Å². The second-order valence-electron chi connectivity index (χ2n) is 7.44. The van der Waals surface area contributed by atoms with Crippen LogP contribution >= 0.6 is 0 Å². The van der Waals surface area contributed by atoms with Gasteiger partial charge >= 0.3 is 5.97 Å². The molecule has 168 valence electrons. The third-order valence-corrected chi connectivity index (χ3v) is 5.69. The fourth-order valence-corrected chi connectivity index (χ4v) is 4.02. The van der Waals surface area contributed by atoms with E-state index in [1.54, 1.807) is 11.6 Å². The number of halogens is 1. The van der Waals surface area contributed by atoms with Gasteiger partial charge in [0.1, 0.15) is 0 Å². The quantitative estimate of drug-likeness (QED) is 0.541. The largest absolute Gasteiger partial charge is 0.479 e. The Hall–Kier alpha value is -3.04. The summed E-state index contributed by atoms with van der Waals surface area (Å²) in [6.45, 7) is 4.18. The molecule has 0 aliphatic heterocycles. The van der Waals surface area contributed by atoms with E-state index in [0.29, 0.717) is 11.4 Å². The van der Waals surface area contributed by atoms with Gasteiger partial charge in [-0.3, -0.25) is 4.68 Å². The Labute approximate surface area is 180 Å². The lowest BCUT2D eigenvalue weighted by molar-refractivity contribution is 0.0526. The number of methoxy groups -OCH3 is 1. The molecule has 1 aliphatic rings. The second-order valence-corrected chi connectivity index (χ2v) is 7.44. The highest BCUT2D eigenvalue weighted by Crippen LogP contribution is 2.37. The maximum absolute atomic E-state index is 14.8. The molecule has 4 rings (SSSR count). The van der Waals surface area contributed by atoms with Crippen molar-refractivity contribution >= 4 is 17.0 Å². The van der Waals surface area contributed by atoms with Gasteiger partial charge in [-0.25, -0.2) is 14.5 Å². The van der Waals surface area contributed by atoms with Crippen LogP contribution in [0.5, 0.6) is 5.88 Å². The normalized spacial score (nSPS) is 18.6. The molecule has 0 bridgehead atoms. The van der Waals surface area contributed by atoms with Crippen molar-refractivity contribution in [2.45, 2.75) is 59.4 Å². The van der Waals surface area contributed by atoms with Crippen LogP contribution in [0.4, 0.5) is 4.39 Å². The molecule has 3 heterocycles. The Bertz CT molecular complexity index is 1050. The van der Waals surface area contributed by atoms with E-state index in [4.69, 9.17) is 9.47 Å². The first-order valence-electron chi connectivity index (χ1n) is 10.3. The maximum atomic E-state index is 14.8. The zero-order valence-electron chi connectivity index (χ0n) is 17.3. The third kappa shape index (κ3) is 4.24. The first kappa shape index (κ1) is 22.6. The van der Waals surface area contributed by atoms with E-state index in [2.05, 4.69) is 27.1 Å². The number of rotatable bonds is 6. The molecule has 31 heavy (non-hydrogen) atoms. The van der Waals surface area contributed by atoms with Gasteiger partial charge in [0.05, 0.1) is 31.5 Å². The summed E-state index contributed by atoms with van der Waals surface area (Å²) in [4.78, 5) is 20.6. The number of esters is 1. The van der Waals surface area contributed by atoms with Crippen LogP contribution in [0.15, 0.2) is 12.4 Å². The molecule has 3 aromatic heterocycles. The van der Waals surface area contributed by atoms with Crippen LogP contribution in [0, 0.1) is 11.9 Å². The van der Waals surface area contributed by atoms with Crippen LogP contribution < -0.4 is 4.74 Å². The maximum Gasteiger partial charge on any atom is 0.341 e. The Kier molecular flexibility index (Phi) is 6.87. The van der Waals surface area contributed by atoms with E-state index in [0.717, 1.165) is 32.1 Å². The standard InChI is InChI=1S/C20H25FN6O3.CH4/c1-4-12-6-8-14(9-7-12)27-16-15(17(21)25-27)23-20(24-18(16)29-3)26-11-13(10-22-26)19(28)30-5-2;/h10-12,14H,4-9H2,1-3H3;1H4. The SMILES string of the molecule is C.CCOC(=O)c1cnn(-c2nc(OC)c3c(n2)c(F)nn3C2CCC(CC)CC2)c1. The average molecular weight is 433 g/mol. The first-order chi connectivity index (χ1) is 14.5. The van der Waals surface area contributed by atoms with Gasteiger partial charge in [0.25, 0.3) is 11.9 Å². The number of hydrogen-bond donors (Lipinski definition) is 0. The summed E-state index contributed by atoms with van der Waals surface area (Å²) in [7, 11) is 1.47. The van der Waals surface area contributed by atoms with Crippen LogP contribution in [0.25, 0.3) is 17.0 Å². The molecule has 0 radical (unpaired) electrons. The number of ether oxygens (including phenoxy) is 2. The van der Waals surface area contributed by atoms with E-state index < -0.39 is 11.9 Å². The summed E-state index contributed by atoms with van der Waals surface area (Å²) in [5.41, 5.74) is 0.766. The summed E-state index contributed by atoms with van der Waals surface area (Å²) in [5.74, 6) is -0.160. The molecular formula is C21H29FN6O3. The van der Waals surface area contributed by atoms with Gasteiger partial charge in [-0.05, 0) is 38.5 Å². The van der Waals surface area contributed by atoms with Crippen molar-refractivity contribution in [1.82, 2.24) is 29.5 Å². The molecule has 0 atom stereocenters. The molecule has 1 fully saturated rings. The Morgan fingerprint density at radius 1 is 1.23 bits per heavy atom. The van der Waals surface area contributed by atoms with Crippen molar-refractivity contribution in [2.75, 3.05) is 13.7 Å². The second kappa shape index (κ2) is 9.40. The molecule has 9 nitrogen and oxygen atoms in total. The Morgan fingerprint density at radius 2 is 1.97 bits per heavy atom. The molecule has 0 saturated heterocycles. The summed E-state index contributed by atoms with van der Waals surface area (Å²) < 4.78 is 28.2. The van der Waals surface area contributed by atoms with Crippen LogP contribution in [-0.2, 0) is 4.74 Å². The summed E-state index contributed by atoms with van der Waals surface area (Å²) in [5, 5.41) is 8.23. The molecular weight excluding hydrogens is 403 g/mol. The third-order valence-electron chi connectivity index (χ3n) is 5.69. The van der Waals surface area contributed by atoms with Crippen molar-refractivity contribution in [3.8, 4) is 11.8 Å². The summed E-state index contributed by atoms with van der Waals surface area (Å²) >= 11 is 0. The predicted molar refractivity (Wildman–Crippen MR) is 113 cm³/mol. The Balaban J connectivity index is 0.00000272. The number of aromatic nitrogens is 6. The topological polar surface area (TPSA) is 96.9 Å². The van der Waals surface area contributed by atoms with Crippen LogP contribution in [0.3, 0.4) is 0 Å². The molecule has 0 N–H and O–H groups in total. The van der Waals surface area contributed by atoms with E-state index in [-0.39, 0.29) is 43.0 Å². The van der Waals surface area contributed by atoms with Gasteiger partial charge in [0.2, 0.25) is 5.88 Å². The van der Waals surface area contributed by atoms with Crippen LogP contribution in [0.2, 0.25) is 0 Å². The molecule has 10 heteroatoms. The smallest absolute Gasteiger partial charge is 0.341 e. The summed E-state index contributed by atoms with van der Waals surface area (Å²) in [6, 6.07) is 0.0864. The zero-order valence-corrected chi connectivity index (χ0v) is 17.3. The molecule has 3 aromatic rings. The van der Waals surface area contributed by atoms with Gasteiger partial charge in [0.15, 0.2) is 11.0 Å². The molecule has 1 aliphatic carbocycles. The number of hydrogen-bond acceptors (Lipinski definition) is 7.